The summed E-state index contributed by atoms with van der Waals surface area (Å²) in [5.41, 5.74) is 10.6. The Morgan fingerprint density at radius 1 is 1.05 bits per heavy atom. The van der Waals surface area contributed by atoms with Gasteiger partial charge in [0.25, 0.3) is 5.56 Å². The zero-order valence-electron chi connectivity index (χ0n) is 21.3. The normalized spacial score (nSPS) is 11.4. The van der Waals surface area contributed by atoms with Crippen LogP contribution < -0.4 is 20.9 Å². The van der Waals surface area contributed by atoms with E-state index in [1.807, 2.05) is 54.7 Å². The molecule has 39 heavy (non-hydrogen) atoms. The van der Waals surface area contributed by atoms with E-state index < -0.39 is 5.97 Å². The summed E-state index contributed by atoms with van der Waals surface area (Å²) in [4.78, 5) is 42.0. The molecule has 10 nitrogen and oxygen atoms in total. The van der Waals surface area contributed by atoms with Crippen molar-refractivity contribution in [2.75, 3.05) is 6.54 Å². The summed E-state index contributed by atoms with van der Waals surface area (Å²) < 4.78 is 9.46. The Morgan fingerprint density at radius 3 is 2.69 bits per heavy atom. The molecule has 3 aromatic heterocycles. The highest BCUT2D eigenvalue weighted by Crippen LogP contribution is 2.32. The maximum absolute atomic E-state index is 13.3. The molecular formula is C29H26N6O4. The number of nitrogens with two attached hydrogens (primary N) is 1. The van der Waals surface area contributed by atoms with Crippen molar-refractivity contribution in [3.05, 3.63) is 89.1 Å². The molecule has 3 aromatic carbocycles. The highest BCUT2D eigenvalue weighted by atomic mass is 16.7. The summed E-state index contributed by atoms with van der Waals surface area (Å²) in [7, 11) is 0. The lowest BCUT2D eigenvalue weighted by Crippen LogP contribution is -2.15. The Bertz CT molecular complexity index is 1890. The fourth-order valence-corrected chi connectivity index (χ4v) is 4.70. The standard InChI is InChI=1S/C29H26N6O4/c1-18(36)39-35-17-31-25-13-23-24(14-27(25)35)32-28(29(37)33-23)22-15-34(11-5-10-30)26-9-8-20(12-21(22)26)38-16-19-6-3-2-4-7-19/h2-4,6-9,12-15,17H,5,10-11,16,30H2,1H3,(H,33,37). The number of aromatic amines is 1. The largest absolute Gasteiger partial charge is 0.489 e. The molecule has 0 saturated carbocycles. The molecule has 0 fully saturated rings. The molecule has 0 aliphatic heterocycles. The summed E-state index contributed by atoms with van der Waals surface area (Å²) >= 11 is 0. The number of H-pyrrole nitrogens is 1. The third-order valence-corrected chi connectivity index (χ3v) is 6.51. The molecule has 196 valence electrons. The van der Waals surface area contributed by atoms with E-state index in [1.54, 1.807) is 12.1 Å². The van der Waals surface area contributed by atoms with Crippen molar-refractivity contribution >= 4 is 38.9 Å². The van der Waals surface area contributed by atoms with Gasteiger partial charge >= 0.3 is 5.97 Å². The highest BCUT2D eigenvalue weighted by molar-refractivity contribution is 5.98. The summed E-state index contributed by atoms with van der Waals surface area (Å²) in [6.45, 7) is 2.99. The lowest BCUT2D eigenvalue weighted by Gasteiger charge is -2.08. The Hall–Kier alpha value is -4.96. The first-order valence-corrected chi connectivity index (χ1v) is 12.6. The topological polar surface area (TPSA) is 130 Å². The fraction of sp³-hybridized carbons (Fsp3) is 0.172. The first-order chi connectivity index (χ1) is 19.0. The van der Waals surface area contributed by atoms with E-state index in [9.17, 15) is 9.59 Å². The number of nitrogens with zero attached hydrogens (tertiary/aromatic N) is 4. The number of hydrogen-bond donors (Lipinski definition) is 2. The van der Waals surface area contributed by atoms with Crippen LogP contribution in [0.25, 0.3) is 44.2 Å². The summed E-state index contributed by atoms with van der Waals surface area (Å²) in [6.07, 6.45) is 4.13. The SMILES string of the molecule is CC(=O)On1cnc2cc3[nH]c(=O)c(-c4cn(CCCN)c5ccc(OCc6ccccc6)cc45)nc3cc21. The Morgan fingerprint density at radius 2 is 1.90 bits per heavy atom. The molecule has 0 aliphatic rings. The highest BCUT2D eigenvalue weighted by Gasteiger charge is 2.18. The number of nitrogens with one attached hydrogen (secondary N) is 1. The predicted octanol–water partition coefficient (Wildman–Crippen LogP) is 3.80. The molecular weight excluding hydrogens is 496 g/mol. The predicted molar refractivity (Wildman–Crippen MR) is 148 cm³/mol. The van der Waals surface area contributed by atoms with E-state index in [1.165, 1.54) is 18.0 Å². The lowest BCUT2D eigenvalue weighted by molar-refractivity contribution is -0.141. The average molecular weight is 523 g/mol. The Balaban J connectivity index is 1.47. The van der Waals surface area contributed by atoms with Crippen LogP contribution in [0.3, 0.4) is 0 Å². The zero-order chi connectivity index (χ0) is 26.9. The van der Waals surface area contributed by atoms with Gasteiger partial charge < -0.3 is 24.9 Å². The van der Waals surface area contributed by atoms with Crippen LogP contribution in [0.1, 0.15) is 18.9 Å². The third-order valence-electron chi connectivity index (χ3n) is 6.51. The summed E-state index contributed by atoms with van der Waals surface area (Å²) in [5.74, 6) is 0.216. The van der Waals surface area contributed by atoms with Gasteiger partial charge in [0.2, 0.25) is 0 Å². The average Bonchev–Trinajstić information content (AvgIpc) is 3.49. The van der Waals surface area contributed by atoms with Gasteiger partial charge in [0, 0.05) is 36.1 Å². The maximum atomic E-state index is 13.3. The number of carbonyl (C=O) groups is 1. The molecule has 0 bridgehead atoms. The van der Waals surface area contributed by atoms with Gasteiger partial charge in [-0.25, -0.2) is 14.8 Å². The van der Waals surface area contributed by atoms with E-state index in [-0.39, 0.29) is 11.3 Å². The lowest BCUT2D eigenvalue weighted by atomic mass is 10.1. The molecule has 0 atom stereocenters. The van der Waals surface area contributed by atoms with Gasteiger partial charge in [-0.05, 0) is 48.9 Å². The monoisotopic (exact) mass is 522 g/mol. The Labute approximate surface area is 222 Å². The van der Waals surface area contributed by atoms with Crippen LogP contribution in [0, 0.1) is 0 Å². The van der Waals surface area contributed by atoms with Gasteiger partial charge in [-0.1, -0.05) is 30.3 Å². The van der Waals surface area contributed by atoms with E-state index in [0.29, 0.717) is 53.1 Å². The van der Waals surface area contributed by atoms with E-state index >= 15 is 0 Å². The number of hydrogen-bond acceptors (Lipinski definition) is 7. The minimum atomic E-state index is -0.472. The second-order valence-electron chi connectivity index (χ2n) is 9.26. The van der Waals surface area contributed by atoms with Crippen molar-refractivity contribution < 1.29 is 14.4 Å². The van der Waals surface area contributed by atoms with Crippen LogP contribution in [0.5, 0.6) is 5.75 Å². The summed E-state index contributed by atoms with van der Waals surface area (Å²) in [5, 5.41) is 0.848. The van der Waals surface area contributed by atoms with Crippen LogP contribution in [-0.2, 0) is 17.9 Å². The third kappa shape index (κ3) is 4.73. The minimum Gasteiger partial charge on any atom is -0.489 e. The molecule has 10 heteroatoms. The number of carbonyl (C=O) groups excluding carboxylic acids is 1. The molecule has 0 unspecified atom stereocenters. The van der Waals surface area contributed by atoms with Crippen molar-refractivity contribution in [1.29, 1.82) is 0 Å². The number of ether oxygens (including phenoxy) is 1. The number of rotatable bonds is 8. The number of aromatic nitrogens is 5. The second kappa shape index (κ2) is 10.1. The van der Waals surface area contributed by atoms with E-state index in [2.05, 4.69) is 14.5 Å². The molecule has 0 saturated heterocycles. The van der Waals surface area contributed by atoms with Gasteiger partial charge in [0.05, 0.1) is 16.6 Å². The molecule has 0 aliphatic carbocycles. The molecule has 3 N–H and O–H groups in total. The molecule has 0 radical (unpaired) electrons. The number of fused-ring (bicyclic) bond motifs is 3. The van der Waals surface area contributed by atoms with E-state index in [4.69, 9.17) is 20.3 Å². The van der Waals surface area contributed by atoms with Gasteiger partial charge in [-0.15, -0.1) is 0 Å². The molecule has 3 heterocycles. The van der Waals surface area contributed by atoms with Crippen molar-refractivity contribution in [1.82, 2.24) is 24.2 Å². The van der Waals surface area contributed by atoms with Gasteiger partial charge in [0.1, 0.15) is 29.9 Å². The number of aryl methyl sites for hydroxylation is 1. The Kier molecular flexibility index (Phi) is 6.29. The number of benzene rings is 3. The van der Waals surface area contributed by atoms with Crippen molar-refractivity contribution in [3.8, 4) is 17.0 Å². The van der Waals surface area contributed by atoms with Crippen molar-refractivity contribution in [2.24, 2.45) is 5.73 Å². The van der Waals surface area contributed by atoms with Crippen LogP contribution in [0.15, 0.2) is 78.0 Å². The van der Waals surface area contributed by atoms with Crippen LogP contribution in [-0.4, -0.2) is 36.8 Å². The van der Waals surface area contributed by atoms with Crippen molar-refractivity contribution in [2.45, 2.75) is 26.5 Å². The van der Waals surface area contributed by atoms with Gasteiger partial charge in [-0.2, -0.15) is 4.73 Å². The minimum absolute atomic E-state index is 0.275. The molecule has 0 amide bonds. The van der Waals surface area contributed by atoms with E-state index in [0.717, 1.165) is 22.9 Å². The zero-order valence-corrected chi connectivity index (χ0v) is 21.3. The summed E-state index contributed by atoms with van der Waals surface area (Å²) in [6, 6.07) is 19.2. The smallest absolute Gasteiger partial charge is 0.329 e. The van der Waals surface area contributed by atoms with Crippen LogP contribution in [0.2, 0.25) is 0 Å². The maximum Gasteiger partial charge on any atom is 0.329 e. The first-order valence-electron chi connectivity index (χ1n) is 12.6. The molecule has 6 aromatic rings. The van der Waals surface area contributed by atoms with Gasteiger partial charge in [-0.3, -0.25) is 4.79 Å². The van der Waals surface area contributed by atoms with Crippen LogP contribution >= 0.6 is 0 Å². The first kappa shape index (κ1) is 24.4. The van der Waals surface area contributed by atoms with Crippen molar-refractivity contribution in [3.63, 3.8) is 0 Å². The van der Waals surface area contributed by atoms with Gasteiger partial charge in [0.15, 0.2) is 0 Å². The number of imidazole rings is 1. The molecule has 6 rings (SSSR count). The fourth-order valence-electron chi connectivity index (χ4n) is 4.70. The molecule has 0 spiro atoms. The second-order valence-corrected chi connectivity index (χ2v) is 9.26. The van der Waals surface area contributed by atoms with Crippen LogP contribution in [0.4, 0.5) is 0 Å². The quantitative estimate of drug-likeness (QED) is 0.311.